The molecule has 98 valence electrons. The van der Waals surface area contributed by atoms with Gasteiger partial charge < -0.3 is 10.0 Å². The van der Waals surface area contributed by atoms with E-state index in [0.717, 1.165) is 31.8 Å². The molecule has 0 aromatic heterocycles. The molecule has 0 bridgehead atoms. The molecule has 1 atom stereocenters. The number of rotatable bonds is 5. The van der Waals surface area contributed by atoms with Crippen LogP contribution in [0.5, 0.6) is 0 Å². The number of carbonyl (C=O) groups is 2. The third kappa shape index (κ3) is 5.20. The van der Waals surface area contributed by atoms with Crippen LogP contribution < -0.4 is 0 Å². The van der Waals surface area contributed by atoms with Crippen molar-refractivity contribution >= 4 is 11.9 Å². The van der Waals surface area contributed by atoms with Crippen molar-refractivity contribution in [3.8, 4) is 0 Å². The number of aliphatic carboxylic acids is 1. The zero-order chi connectivity index (χ0) is 12.7. The molecule has 1 rings (SSSR count). The number of carboxylic acid groups (broad SMARTS) is 1. The SMILES string of the molecule is CCCC1CCCN(C(=O)CCC(=O)O)CC1. The van der Waals surface area contributed by atoms with Gasteiger partial charge in [0, 0.05) is 19.5 Å². The summed E-state index contributed by atoms with van der Waals surface area (Å²) in [4.78, 5) is 24.0. The number of hydrogen-bond donors (Lipinski definition) is 1. The zero-order valence-electron chi connectivity index (χ0n) is 10.7. The van der Waals surface area contributed by atoms with E-state index in [9.17, 15) is 9.59 Å². The van der Waals surface area contributed by atoms with Crippen LogP contribution in [0.2, 0.25) is 0 Å². The van der Waals surface area contributed by atoms with E-state index in [-0.39, 0.29) is 18.7 Å². The van der Waals surface area contributed by atoms with Gasteiger partial charge in [-0.3, -0.25) is 9.59 Å². The van der Waals surface area contributed by atoms with Gasteiger partial charge in [-0.1, -0.05) is 19.8 Å². The van der Waals surface area contributed by atoms with E-state index in [4.69, 9.17) is 5.11 Å². The van der Waals surface area contributed by atoms with Crippen molar-refractivity contribution in [3.63, 3.8) is 0 Å². The van der Waals surface area contributed by atoms with Gasteiger partial charge in [-0.25, -0.2) is 0 Å². The van der Waals surface area contributed by atoms with Crippen LogP contribution in [0.25, 0.3) is 0 Å². The molecule has 1 saturated heterocycles. The van der Waals surface area contributed by atoms with E-state index in [1.165, 1.54) is 19.3 Å². The fourth-order valence-corrected chi connectivity index (χ4v) is 2.48. The Kier molecular flexibility index (Phi) is 6.01. The Bertz CT molecular complexity index is 265. The van der Waals surface area contributed by atoms with E-state index < -0.39 is 5.97 Å². The Morgan fingerprint density at radius 3 is 2.65 bits per heavy atom. The van der Waals surface area contributed by atoms with Crippen LogP contribution in [0.4, 0.5) is 0 Å². The van der Waals surface area contributed by atoms with Crippen molar-refractivity contribution < 1.29 is 14.7 Å². The maximum absolute atomic E-state index is 11.8. The molecule has 0 radical (unpaired) electrons. The molecule has 1 unspecified atom stereocenters. The number of nitrogens with zero attached hydrogens (tertiary/aromatic N) is 1. The highest BCUT2D eigenvalue weighted by Gasteiger charge is 2.20. The quantitative estimate of drug-likeness (QED) is 0.803. The topological polar surface area (TPSA) is 57.6 Å². The molecule has 1 N–H and O–H groups in total. The highest BCUT2D eigenvalue weighted by molar-refractivity contribution is 5.80. The summed E-state index contributed by atoms with van der Waals surface area (Å²) in [5.74, 6) is -0.140. The van der Waals surface area contributed by atoms with Crippen LogP contribution in [0.1, 0.15) is 51.9 Å². The Hall–Kier alpha value is -1.06. The fraction of sp³-hybridized carbons (Fsp3) is 0.846. The summed E-state index contributed by atoms with van der Waals surface area (Å²) in [6.45, 7) is 3.81. The Labute approximate surface area is 103 Å². The van der Waals surface area contributed by atoms with Gasteiger partial charge in [-0.15, -0.1) is 0 Å². The first-order valence-corrected chi connectivity index (χ1v) is 6.63. The number of amides is 1. The molecule has 1 fully saturated rings. The monoisotopic (exact) mass is 241 g/mol. The second-order valence-corrected chi connectivity index (χ2v) is 4.86. The molecule has 17 heavy (non-hydrogen) atoms. The first-order chi connectivity index (χ1) is 8.13. The molecular weight excluding hydrogens is 218 g/mol. The lowest BCUT2D eigenvalue weighted by molar-refractivity contribution is -0.140. The summed E-state index contributed by atoms with van der Waals surface area (Å²) >= 11 is 0. The third-order valence-electron chi connectivity index (χ3n) is 3.45. The predicted molar refractivity (Wildman–Crippen MR) is 65.7 cm³/mol. The molecule has 0 aromatic rings. The van der Waals surface area contributed by atoms with E-state index in [2.05, 4.69) is 6.92 Å². The number of hydrogen-bond acceptors (Lipinski definition) is 2. The first-order valence-electron chi connectivity index (χ1n) is 6.63. The molecule has 0 saturated carbocycles. The van der Waals surface area contributed by atoms with Crippen molar-refractivity contribution in [2.75, 3.05) is 13.1 Å². The van der Waals surface area contributed by atoms with Crippen molar-refractivity contribution in [3.05, 3.63) is 0 Å². The molecular formula is C13H23NO3. The Morgan fingerprint density at radius 1 is 1.24 bits per heavy atom. The van der Waals surface area contributed by atoms with Gasteiger partial charge in [-0.2, -0.15) is 0 Å². The number of carboxylic acids is 1. The van der Waals surface area contributed by atoms with Crippen molar-refractivity contribution in [2.24, 2.45) is 5.92 Å². The first kappa shape index (κ1) is 14.0. The molecule has 1 amide bonds. The van der Waals surface area contributed by atoms with Crippen LogP contribution in [0.15, 0.2) is 0 Å². The van der Waals surface area contributed by atoms with Gasteiger partial charge in [0.2, 0.25) is 5.91 Å². The van der Waals surface area contributed by atoms with Crippen molar-refractivity contribution in [2.45, 2.75) is 51.9 Å². The van der Waals surface area contributed by atoms with Crippen LogP contribution in [-0.4, -0.2) is 35.0 Å². The highest BCUT2D eigenvalue weighted by atomic mass is 16.4. The second-order valence-electron chi connectivity index (χ2n) is 4.86. The normalized spacial score (nSPS) is 21.0. The molecule has 0 spiro atoms. The van der Waals surface area contributed by atoms with Crippen molar-refractivity contribution in [1.82, 2.24) is 4.90 Å². The van der Waals surface area contributed by atoms with Gasteiger partial charge in [0.25, 0.3) is 0 Å². The number of likely N-dealkylation sites (tertiary alicyclic amines) is 1. The smallest absolute Gasteiger partial charge is 0.303 e. The third-order valence-corrected chi connectivity index (χ3v) is 3.45. The predicted octanol–water partition coefficient (Wildman–Crippen LogP) is 2.28. The summed E-state index contributed by atoms with van der Waals surface area (Å²) in [5.41, 5.74) is 0. The average Bonchev–Trinajstić information content (AvgIpc) is 2.52. The van der Waals surface area contributed by atoms with Gasteiger partial charge in [0.1, 0.15) is 0 Å². The fourth-order valence-electron chi connectivity index (χ4n) is 2.48. The summed E-state index contributed by atoms with van der Waals surface area (Å²) in [7, 11) is 0. The van der Waals surface area contributed by atoms with Crippen LogP contribution >= 0.6 is 0 Å². The van der Waals surface area contributed by atoms with Gasteiger partial charge in [-0.05, 0) is 25.2 Å². The van der Waals surface area contributed by atoms with E-state index in [0.29, 0.717) is 0 Å². The maximum Gasteiger partial charge on any atom is 0.303 e. The number of carbonyl (C=O) groups excluding carboxylic acids is 1. The van der Waals surface area contributed by atoms with Crippen LogP contribution in [-0.2, 0) is 9.59 Å². The second kappa shape index (κ2) is 7.30. The summed E-state index contributed by atoms with van der Waals surface area (Å²) in [6, 6.07) is 0. The lowest BCUT2D eigenvalue weighted by Crippen LogP contribution is -2.32. The average molecular weight is 241 g/mol. The minimum atomic E-state index is -0.892. The zero-order valence-corrected chi connectivity index (χ0v) is 10.7. The molecule has 4 nitrogen and oxygen atoms in total. The minimum Gasteiger partial charge on any atom is -0.481 e. The minimum absolute atomic E-state index is 0.00421. The molecule has 1 heterocycles. The summed E-state index contributed by atoms with van der Waals surface area (Å²) in [6.07, 6.45) is 5.89. The molecule has 1 aliphatic rings. The standard InChI is InChI=1S/C13H23NO3/c1-2-4-11-5-3-9-14(10-8-11)12(15)6-7-13(16)17/h11H,2-10H2,1H3,(H,16,17). The molecule has 4 heteroatoms. The van der Waals surface area contributed by atoms with Gasteiger partial charge in [0.15, 0.2) is 0 Å². The van der Waals surface area contributed by atoms with E-state index in [1.807, 2.05) is 4.90 Å². The van der Waals surface area contributed by atoms with Crippen LogP contribution in [0, 0.1) is 5.92 Å². The lowest BCUT2D eigenvalue weighted by Gasteiger charge is -2.20. The summed E-state index contributed by atoms with van der Waals surface area (Å²) in [5, 5.41) is 8.56. The summed E-state index contributed by atoms with van der Waals surface area (Å²) < 4.78 is 0. The van der Waals surface area contributed by atoms with E-state index in [1.54, 1.807) is 0 Å². The largest absolute Gasteiger partial charge is 0.481 e. The molecule has 0 aromatic carbocycles. The van der Waals surface area contributed by atoms with Gasteiger partial charge >= 0.3 is 5.97 Å². The maximum atomic E-state index is 11.8. The lowest BCUT2D eigenvalue weighted by atomic mass is 9.96. The van der Waals surface area contributed by atoms with Crippen LogP contribution in [0.3, 0.4) is 0 Å². The van der Waals surface area contributed by atoms with Gasteiger partial charge in [0.05, 0.1) is 6.42 Å². The van der Waals surface area contributed by atoms with Crippen molar-refractivity contribution in [1.29, 1.82) is 0 Å². The molecule has 0 aliphatic carbocycles. The molecule has 1 aliphatic heterocycles. The highest BCUT2D eigenvalue weighted by Crippen LogP contribution is 2.22. The van der Waals surface area contributed by atoms with E-state index >= 15 is 0 Å². The Balaban J connectivity index is 2.34. The Morgan fingerprint density at radius 2 is 2.00 bits per heavy atom.